The second kappa shape index (κ2) is 6.95. The van der Waals surface area contributed by atoms with Gasteiger partial charge in [-0.15, -0.1) is 0 Å². The lowest BCUT2D eigenvalue weighted by molar-refractivity contribution is -0.138. The number of likely N-dealkylation sites (tertiary alicyclic amines) is 1. The van der Waals surface area contributed by atoms with Gasteiger partial charge in [-0.05, 0) is 31.2 Å². The van der Waals surface area contributed by atoms with Crippen molar-refractivity contribution < 1.29 is 4.79 Å². The van der Waals surface area contributed by atoms with Gasteiger partial charge in [0.1, 0.15) is 0 Å². The van der Waals surface area contributed by atoms with Gasteiger partial charge in [0.25, 0.3) is 0 Å². The zero-order valence-corrected chi connectivity index (χ0v) is 14.6. The highest BCUT2D eigenvalue weighted by Gasteiger charge is 2.45. The third-order valence-corrected chi connectivity index (χ3v) is 5.98. The zero-order chi connectivity index (χ0) is 17.1. The SMILES string of the molecule is O=C(N1CCC(c2cnccn2)CC1)C1(c2ccccc2)CCCC1. The van der Waals surface area contributed by atoms with Gasteiger partial charge in [0, 0.05) is 37.6 Å². The van der Waals surface area contributed by atoms with Crippen molar-refractivity contribution in [2.45, 2.75) is 49.9 Å². The molecule has 1 aromatic heterocycles. The second-order valence-corrected chi connectivity index (χ2v) is 7.35. The Kier molecular flexibility index (Phi) is 4.51. The average molecular weight is 335 g/mol. The Morgan fingerprint density at radius 1 is 1.04 bits per heavy atom. The van der Waals surface area contributed by atoms with Crippen LogP contribution < -0.4 is 0 Å². The highest BCUT2D eigenvalue weighted by atomic mass is 16.2. The number of benzene rings is 1. The molecular weight excluding hydrogens is 310 g/mol. The molecule has 0 radical (unpaired) electrons. The third-order valence-electron chi connectivity index (χ3n) is 5.98. The van der Waals surface area contributed by atoms with Gasteiger partial charge in [0.2, 0.25) is 5.91 Å². The van der Waals surface area contributed by atoms with E-state index in [1.165, 1.54) is 5.56 Å². The fraction of sp³-hybridized carbons (Fsp3) is 0.476. The summed E-state index contributed by atoms with van der Waals surface area (Å²) in [6.45, 7) is 1.66. The summed E-state index contributed by atoms with van der Waals surface area (Å²) in [5, 5.41) is 0. The van der Waals surface area contributed by atoms with E-state index >= 15 is 0 Å². The van der Waals surface area contributed by atoms with E-state index in [0.717, 1.165) is 57.3 Å². The molecule has 0 atom stereocenters. The molecule has 1 aromatic carbocycles. The van der Waals surface area contributed by atoms with Crippen LogP contribution in [0.25, 0.3) is 0 Å². The molecule has 2 aliphatic rings. The molecule has 0 unspecified atom stereocenters. The third kappa shape index (κ3) is 3.06. The van der Waals surface area contributed by atoms with Crippen molar-refractivity contribution in [3.05, 3.63) is 60.2 Å². The predicted molar refractivity (Wildman–Crippen MR) is 97.2 cm³/mol. The van der Waals surface area contributed by atoms with Crippen LogP contribution in [0.5, 0.6) is 0 Å². The van der Waals surface area contributed by atoms with E-state index in [9.17, 15) is 4.79 Å². The van der Waals surface area contributed by atoms with E-state index in [1.807, 2.05) is 12.3 Å². The summed E-state index contributed by atoms with van der Waals surface area (Å²) in [5.41, 5.74) is 1.97. The minimum atomic E-state index is -0.291. The number of carbonyl (C=O) groups excluding carboxylic acids is 1. The number of rotatable bonds is 3. The molecule has 2 aromatic rings. The number of aromatic nitrogens is 2. The van der Waals surface area contributed by atoms with E-state index in [-0.39, 0.29) is 5.41 Å². The van der Waals surface area contributed by atoms with Crippen molar-refractivity contribution in [3.8, 4) is 0 Å². The molecule has 1 amide bonds. The maximum absolute atomic E-state index is 13.5. The first kappa shape index (κ1) is 16.2. The summed E-state index contributed by atoms with van der Waals surface area (Å²) < 4.78 is 0. The predicted octanol–water partition coefficient (Wildman–Crippen LogP) is 3.69. The molecule has 1 saturated carbocycles. The lowest BCUT2D eigenvalue weighted by atomic mass is 9.77. The minimum absolute atomic E-state index is 0.291. The van der Waals surface area contributed by atoms with Crippen molar-refractivity contribution in [3.63, 3.8) is 0 Å². The van der Waals surface area contributed by atoms with Gasteiger partial charge >= 0.3 is 0 Å². The Balaban J connectivity index is 1.49. The van der Waals surface area contributed by atoms with E-state index < -0.39 is 0 Å². The molecule has 4 heteroatoms. The lowest BCUT2D eigenvalue weighted by Crippen LogP contribution is -2.48. The quantitative estimate of drug-likeness (QED) is 0.859. The first-order valence-corrected chi connectivity index (χ1v) is 9.40. The van der Waals surface area contributed by atoms with Crippen LogP contribution >= 0.6 is 0 Å². The molecule has 1 saturated heterocycles. The molecule has 0 N–H and O–H groups in total. The van der Waals surface area contributed by atoms with E-state index in [2.05, 4.69) is 39.1 Å². The van der Waals surface area contributed by atoms with Crippen molar-refractivity contribution in [2.75, 3.05) is 13.1 Å². The monoisotopic (exact) mass is 335 g/mol. The van der Waals surface area contributed by atoms with Crippen molar-refractivity contribution in [1.82, 2.24) is 14.9 Å². The maximum atomic E-state index is 13.5. The van der Waals surface area contributed by atoms with Crippen LogP contribution in [0.4, 0.5) is 0 Å². The van der Waals surface area contributed by atoms with Gasteiger partial charge in [0.15, 0.2) is 0 Å². The fourth-order valence-electron chi connectivity index (χ4n) is 4.56. The molecular formula is C21H25N3O. The number of nitrogens with zero attached hydrogens (tertiary/aromatic N) is 3. The van der Waals surface area contributed by atoms with Gasteiger partial charge < -0.3 is 4.90 Å². The van der Waals surface area contributed by atoms with Crippen molar-refractivity contribution in [1.29, 1.82) is 0 Å². The summed E-state index contributed by atoms with van der Waals surface area (Å²) in [7, 11) is 0. The summed E-state index contributed by atoms with van der Waals surface area (Å²) in [4.78, 5) is 24.2. The number of hydrogen-bond acceptors (Lipinski definition) is 3. The molecule has 2 heterocycles. The lowest BCUT2D eigenvalue weighted by Gasteiger charge is -2.38. The van der Waals surface area contributed by atoms with Crippen molar-refractivity contribution in [2.24, 2.45) is 0 Å². The highest BCUT2D eigenvalue weighted by molar-refractivity contribution is 5.88. The van der Waals surface area contributed by atoms with E-state index in [0.29, 0.717) is 11.8 Å². The Hall–Kier alpha value is -2.23. The van der Waals surface area contributed by atoms with Gasteiger partial charge in [0.05, 0.1) is 11.1 Å². The fourth-order valence-corrected chi connectivity index (χ4v) is 4.56. The zero-order valence-electron chi connectivity index (χ0n) is 14.6. The standard InChI is InChI=1S/C21H25N3O/c25-20(21(10-4-5-11-21)18-6-2-1-3-7-18)24-14-8-17(9-15-24)19-16-22-12-13-23-19/h1-3,6-7,12-13,16-17H,4-5,8-11,14-15H2. The average Bonchev–Trinajstić information content (AvgIpc) is 3.20. The number of carbonyl (C=O) groups is 1. The number of piperidine rings is 1. The molecule has 130 valence electrons. The van der Waals surface area contributed by atoms with Gasteiger partial charge in [-0.25, -0.2) is 0 Å². The molecule has 4 rings (SSSR count). The number of hydrogen-bond donors (Lipinski definition) is 0. The van der Waals surface area contributed by atoms with Gasteiger partial charge in [-0.1, -0.05) is 43.2 Å². The van der Waals surface area contributed by atoms with Crippen LogP contribution in [-0.4, -0.2) is 33.9 Å². The molecule has 4 nitrogen and oxygen atoms in total. The van der Waals surface area contributed by atoms with Crippen LogP contribution in [0.2, 0.25) is 0 Å². The van der Waals surface area contributed by atoms with E-state index in [1.54, 1.807) is 12.4 Å². The molecule has 1 aliphatic carbocycles. The topological polar surface area (TPSA) is 46.1 Å². The van der Waals surface area contributed by atoms with Gasteiger partial charge in [-0.2, -0.15) is 0 Å². The van der Waals surface area contributed by atoms with E-state index in [4.69, 9.17) is 0 Å². The van der Waals surface area contributed by atoms with Crippen LogP contribution in [0.15, 0.2) is 48.9 Å². The minimum Gasteiger partial charge on any atom is -0.342 e. The Bertz CT molecular complexity index is 702. The molecule has 0 spiro atoms. The summed E-state index contributed by atoms with van der Waals surface area (Å²) >= 11 is 0. The first-order valence-electron chi connectivity index (χ1n) is 9.40. The van der Waals surface area contributed by atoms with Gasteiger partial charge in [-0.3, -0.25) is 14.8 Å². The summed E-state index contributed by atoms with van der Waals surface area (Å²) in [6, 6.07) is 10.4. The first-order chi connectivity index (χ1) is 12.3. The smallest absolute Gasteiger partial charge is 0.233 e. The van der Waals surface area contributed by atoms with Crippen LogP contribution in [0.3, 0.4) is 0 Å². The Morgan fingerprint density at radius 3 is 2.40 bits per heavy atom. The summed E-state index contributed by atoms with van der Waals surface area (Å²) in [6.07, 6.45) is 11.6. The molecule has 2 fully saturated rings. The molecule has 0 bridgehead atoms. The maximum Gasteiger partial charge on any atom is 0.233 e. The molecule has 1 aliphatic heterocycles. The largest absolute Gasteiger partial charge is 0.342 e. The Morgan fingerprint density at radius 2 is 1.76 bits per heavy atom. The van der Waals surface area contributed by atoms with Crippen molar-refractivity contribution >= 4 is 5.91 Å². The Labute approximate surface area is 149 Å². The van der Waals surface area contributed by atoms with Crippen LogP contribution in [0, 0.1) is 0 Å². The normalized spacial score (nSPS) is 20.6. The molecule has 25 heavy (non-hydrogen) atoms. The van der Waals surface area contributed by atoms with Crippen LogP contribution in [0.1, 0.15) is 55.7 Å². The highest BCUT2D eigenvalue weighted by Crippen LogP contribution is 2.43. The number of amides is 1. The second-order valence-electron chi connectivity index (χ2n) is 7.35. The van der Waals surface area contributed by atoms with Crippen LogP contribution in [-0.2, 0) is 10.2 Å². The summed E-state index contributed by atoms with van der Waals surface area (Å²) in [5.74, 6) is 0.766.